The fourth-order valence-electron chi connectivity index (χ4n) is 6.48. The summed E-state index contributed by atoms with van der Waals surface area (Å²) in [7, 11) is 1.31. The number of methoxy groups -OCH3 is 1. The summed E-state index contributed by atoms with van der Waals surface area (Å²) in [4.78, 5) is 39.5. The number of esters is 1. The van der Waals surface area contributed by atoms with Gasteiger partial charge in [0.05, 0.1) is 28.9 Å². The molecule has 0 spiro atoms. The number of carbonyl (C=O) groups excluding carboxylic acids is 3. The van der Waals surface area contributed by atoms with Crippen molar-refractivity contribution in [3.05, 3.63) is 147 Å². The number of ether oxygens (including phenoxy) is 3. The molecule has 3 N–H and O–H groups in total. The molecule has 2 aliphatic heterocycles. The van der Waals surface area contributed by atoms with Crippen LogP contribution < -0.4 is 25.4 Å². The number of anilines is 1. The molecule has 0 bridgehead atoms. The van der Waals surface area contributed by atoms with E-state index in [1.165, 1.54) is 12.7 Å². The molecule has 7 rings (SSSR count). The zero-order chi connectivity index (χ0) is 37.1. The molecule has 278 valence electrons. The number of rotatable bonds is 10. The third-order valence-corrected chi connectivity index (χ3v) is 10.2. The lowest BCUT2D eigenvalue weighted by atomic mass is 9.93. The summed E-state index contributed by atoms with van der Waals surface area (Å²) in [6.45, 7) is 2.76. The van der Waals surface area contributed by atoms with E-state index in [1.54, 1.807) is 36.4 Å². The van der Waals surface area contributed by atoms with Crippen LogP contribution in [0.3, 0.4) is 0 Å². The number of fused-ring (bicyclic) bond motifs is 2. The summed E-state index contributed by atoms with van der Waals surface area (Å²) in [5, 5.41) is 10.1. The molecule has 2 amide bonds. The lowest BCUT2D eigenvalue weighted by molar-refractivity contribution is -0.145. The summed E-state index contributed by atoms with van der Waals surface area (Å²) in [5.41, 5.74) is 8.18. The van der Waals surface area contributed by atoms with Crippen molar-refractivity contribution < 1.29 is 28.6 Å². The SMILES string of the molecule is COC(=O)[C@H](Cc1ccc(-c2ccc(C)cc2)cc1)NC(=O)C1Cc2cc3c(cc2CN1)OC(c1ccc(OCc2ccc(Cl)c(Cl)c2)cc1)C(=O)N3.Cl. The summed E-state index contributed by atoms with van der Waals surface area (Å²) in [6, 6.07) is 31.0. The molecule has 0 saturated carbocycles. The van der Waals surface area contributed by atoms with Gasteiger partial charge in [0.15, 0.2) is 0 Å². The standard InChI is InChI=1S/C42H37Cl2N3O6.ClH/c1-24-3-8-27(9-4-24)28-10-5-25(6-11-28)18-37(42(50)51-2)47-40(48)36-20-30-19-35-38(21-31(30)22-45-36)53-39(41(49)46-35)29-12-14-32(15-13-29)52-23-26-7-16-33(43)34(44)17-26;/h3-17,19,21,36-37,39,45H,18,20,22-23H2,1-2H3,(H,46,49)(H,47,48);1H/t36?,37-,39?;/m0./s1. The summed E-state index contributed by atoms with van der Waals surface area (Å²) >= 11 is 12.1. The van der Waals surface area contributed by atoms with Gasteiger partial charge in [-0.05, 0) is 83.1 Å². The number of hydrogen-bond acceptors (Lipinski definition) is 7. The minimum Gasteiger partial charge on any atom is -0.489 e. The Morgan fingerprint density at radius 2 is 1.56 bits per heavy atom. The average molecular weight is 787 g/mol. The van der Waals surface area contributed by atoms with E-state index in [-0.39, 0.29) is 30.6 Å². The van der Waals surface area contributed by atoms with Crippen LogP contribution in [0.25, 0.3) is 11.1 Å². The number of benzene rings is 5. The van der Waals surface area contributed by atoms with Gasteiger partial charge in [-0.25, -0.2) is 4.79 Å². The third kappa shape index (κ3) is 8.83. The first-order chi connectivity index (χ1) is 25.6. The molecule has 2 aliphatic rings. The highest BCUT2D eigenvalue weighted by Gasteiger charge is 2.33. The largest absolute Gasteiger partial charge is 0.489 e. The van der Waals surface area contributed by atoms with Crippen LogP contribution in [0.5, 0.6) is 11.5 Å². The number of carbonyl (C=O) groups is 3. The Kier molecular flexibility index (Phi) is 12.1. The molecule has 5 aromatic carbocycles. The van der Waals surface area contributed by atoms with Crippen molar-refractivity contribution >= 4 is 59.1 Å². The molecule has 5 aromatic rings. The number of halogens is 3. The minimum atomic E-state index is -0.864. The van der Waals surface area contributed by atoms with Crippen LogP contribution in [0.1, 0.15) is 39.5 Å². The topological polar surface area (TPSA) is 115 Å². The highest BCUT2D eigenvalue weighted by molar-refractivity contribution is 6.42. The molecular weight excluding hydrogens is 749 g/mol. The van der Waals surface area contributed by atoms with Gasteiger partial charge in [0.1, 0.15) is 24.1 Å². The van der Waals surface area contributed by atoms with Crippen LogP contribution in [-0.2, 0) is 45.1 Å². The van der Waals surface area contributed by atoms with E-state index in [1.807, 2.05) is 49.4 Å². The molecule has 0 fully saturated rings. The van der Waals surface area contributed by atoms with Gasteiger partial charge in [-0.3, -0.25) is 9.59 Å². The fourth-order valence-corrected chi connectivity index (χ4v) is 6.80. The van der Waals surface area contributed by atoms with E-state index in [4.69, 9.17) is 37.4 Å². The van der Waals surface area contributed by atoms with Gasteiger partial charge in [-0.15, -0.1) is 12.4 Å². The van der Waals surface area contributed by atoms with Crippen molar-refractivity contribution in [1.29, 1.82) is 0 Å². The zero-order valence-electron chi connectivity index (χ0n) is 29.5. The molecule has 0 aromatic heterocycles. The van der Waals surface area contributed by atoms with E-state index >= 15 is 0 Å². The van der Waals surface area contributed by atoms with Crippen LogP contribution in [0.2, 0.25) is 10.0 Å². The van der Waals surface area contributed by atoms with Gasteiger partial charge in [0.25, 0.3) is 5.91 Å². The van der Waals surface area contributed by atoms with Crippen LogP contribution in [0.15, 0.2) is 103 Å². The molecule has 0 saturated heterocycles. The fraction of sp³-hybridized carbons (Fsp3) is 0.214. The Morgan fingerprint density at radius 3 is 2.24 bits per heavy atom. The van der Waals surface area contributed by atoms with E-state index in [0.717, 1.165) is 33.4 Å². The Hall–Kier alpha value is -5.06. The summed E-state index contributed by atoms with van der Waals surface area (Å²) in [6.07, 6.45) is -0.215. The maximum absolute atomic E-state index is 13.5. The average Bonchev–Trinajstić information content (AvgIpc) is 3.17. The van der Waals surface area contributed by atoms with Crippen molar-refractivity contribution in [1.82, 2.24) is 10.6 Å². The molecular formula is C42H38Cl3N3O6. The van der Waals surface area contributed by atoms with Gasteiger partial charge >= 0.3 is 5.97 Å². The second kappa shape index (κ2) is 17.0. The van der Waals surface area contributed by atoms with Gasteiger partial charge in [-0.2, -0.15) is 0 Å². The summed E-state index contributed by atoms with van der Waals surface area (Å²) < 4.78 is 17.1. The predicted molar refractivity (Wildman–Crippen MR) is 212 cm³/mol. The first-order valence-electron chi connectivity index (χ1n) is 17.2. The predicted octanol–water partition coefficient (Wildman–Crippen LogP) is 7.96. The normalized spacial score (nSPS) is 16.3. The monoisotopic (exact) mass is 785 g/mol. The number of hydrogen-bond donors (Lipinski definition) is 3. The van der Waals surface area contributed by atoms with Crippen LogP contribution in [0, 0.1) is 6.92 Å². The van der Waals surface area contributed by atoms with Crippen molar-refractivity contribution in [3.63, 3.8) is 0 Å². The minimum absolute atomic E-state index is 0. The first kappa shape index (κ1) is 38.7. The quantitative estimate of drug-likeness (QED) is 0.123. The Labute approximate surface area is 329 Å². The lowest BCUT2D eigenvalue weighted by Gasteiger charge is -2.31. The van der Waals surface area contributed by atoms with E-state index < -0.39 is 24.2 Å². The van der Waals surface area contributed by atoms with Crippen molar-refractivity contribution in [2.45, 2.75) is 51.1 Å². The van der Waals surface area contributed by atoms with Crippen molar-refractivity contribution in [2.75, 3.05) is 12.4 Å². The van der Waals surface area contributed by atoms with Gasteiger partial charge in [0, 0.05) is 18.5 Å². The van der Waals surface area contributed by atoms with Gasteiger partial charge < -0.3 is 30.2 Å². The molecule has 2 unspecified atom stereocenters. The molecule has 9 nitrogen and oxygen atoms in total. The zero-order valence-corrected chi connectivity index (χ0v) is 31.8. The molecule has 0 aliphatic carbocycles. The van der Waals surface area contributed by atoms with Crippen LogP contribution >= 0.6 is 35.6 Å². The van der Waals surface area contributed by atoms with E-state index in [0.29, 0.717) is 52.4 Å². The van der Waals surface area contributed by atoms with Crippen molar-refractivity contribution in [3.8, 4) is 22.6 Å². The first-order valence-corrected chi connectivity index (χ1v) is 18.0. The molecule has 3 atom stereocenters. The maximum atomic E-state index is 13.5. The van der Waals surface area contributed by atoms with E-state index in [2.05, 4.69) is 40.2 Å². The van der Waals surface area contributed by atoms with E-state index in [9.17, 15) is 14.4 Å². The third-order valence-electron chi connectivity index (χ3n) is 9.48. The van der Waals surface area contributed by atoms with Crippen LogP contribution in [-0.4, -0.2) is 37.0 Å². The second-order valence-corrected chi connectivity index (χ2v) is 14.0. The highest BCUT2D eigenvalue weighted by Crippen LogP contribution is 2.38. The summed E-state index contributed by atoms with van der Waals surface area (Å²) in [5.74, 6) is 0.0200. The molecule has 2 heterocycles. The Bertz CT molecular complexity index is 2160. The van der Waals surface area contributed by atoms with Gasteiger partial charge in [0.2, 0.25) is 12.0 Å². The molecule has 12 heteroatoms. The number of aryl methyl sites for hydroxylation is 1. The molecule has 0 radical (unpaired) electrons. The Morgan fingerprint density at radius 1 is 0.870 bits per heavy atom. The van der Waals surface area contributed by atoms with Gasteiger partial charge in [-0.1, -0.05) is 95.5 Å². The molecule has 54 heavy (non-hydrogen) atoms. The smallest absolute Gasteiger partial charge is 0.328 e. The van der Waals surface area contributed by atoms with Crippen molar-refractivity contribution in [2.24, 2.45) is 0 Å². The van der Waals surface area contributed by atoms with Crippen LogP contribution in [0.4, 0.5) is 5.69 Å². The highest BCUT2D eigenvalue weighted by atomic mass is 35.5. The maximum Gasteiger partial charge on any atom is 0.328 e. The number of nitrogens with one attached hydrogen (secondary N) is 3. The lowest BCUT2D eigenvalue weighted by Crippen LogP contribution is -2.53. The second-order valence-electron chi connectivity index (χ2n) is 13.2. The number of amides is 2. The Balaban J connectivity index is 0.00000497.